The van der Waals surface area contributed by atoms with Gasteiger partial charge in [0.25, 0.3) is 12.3 Å². The molecule has 4 rings (SSSR count). The molecule has 0 aliphatic carbocycles. The SMILES string of the molecule is CC1(c2ccc3c(c2)nc(NC(=O)c2cccc(C(F)F)c2)n3CCCO)CCNC1=O. The number of halogens is 2. The number of anilines is 1. The van der Waals surface area contributed by atoms with Gasteiger partial charge in [0.15, 0.2) is 0 Å². The van der Waals surface area contributed by atoms with Gasteiger partial charge in [0, 0.05) is 30.8 Å². The number of hydrogen-bond acceptors (Lipinski definition) is 4. The van der Waals surface area contributed by atoms with Crippen LogP contribution in [0.3, 0.4) is 0 Å². The maximum Gasteiger partial charge on any atom is 0.263 e. The smallest absolute Gasteiger partial charge is 0.263 e. The second-order valence-corrected chi connectivity index (χ2v) is 8.09. The van der Waals surface area contributed by atoms with E-state index in [2.05, 4.69) is 15.6 Å². The van der Waals surface area contributed by atoms with Crippen LogP contribution in [0.2, 0.25) is 0 Å². The van der Waals surface area contributed by atoms with Gasteiger partial charge in [-0.2, -0.15) is 0 Å². The Morgan fingerprint density at radius 2 is 2.12 bits per heavy atom. The van der Waals surface area contributed by atoms with Crippen molar-refractivity contribution >= 4 is 28.8 Å². The lowest BCUT2D eigenvalue weighted by molar-refractivity contribution is -0.123. The van der Waals surface area contributed by atoms with Crippen molar-refractivity contribution < 1.29 is 23.5 Å². The summed E-state index contributed by atoms with van der Waals surface area (Å²) in [5.41, 5.74) is 1.37. The van der Waals surface area contributed by atoms with Gasteiger partial charge < -0.3 is 15.0 Å². The number of amides is 2. The van der Waals surface area contributed by atoms with Gasteiger partial charge in [-0.15, -0.1) is 0 Å². The summed E-state index contributed by atoms with van der Waals surface area (Å²) in [7, 11) is 0. The number of carbonyl (C=O) groups is 2. The Morgan fingerprint density at radius 1 is 1.31 bits per heavy atom. The number of nitrogens with zero attached hydrogens (tertiary/aromatic N) is 2. The van der Waals surface area contributed by atoms with Gasteiger partial charge in [0.05, 0.1) is 16.4 Å². The van der Waals surface area contributed by atoms with Crippen molar-refractivity contribution in [1.29, 1.82) is 0 Å². The van der Waals surface area contributed by atoms with Crippen LogP contribution in [0.15, 0.2) is 42.5 Å². The first-order valence-electron chi connectivity index (χ1n) is 10.4. The van der Waals surface area contributed by atoms with Gasteiger partial charge in [-0.25, -0.2) is 13.8 Å². The third-order valence-corrected chi connectivity index (χ3v) is 5.96. The van der Waals surface area contributed by atoms with Crippen LogP contribution in [0.4, 0.5) is 14.7 Å². The summed E-state index contributed by atoms with van der Waals surface area (Å²) in [6.07, 6.45) is -1.56. The van der Waals surface area contributed by atoms with Gasteiger partial charge in [-0.1, -0.05) is 18.2 Å². The van der Waals surface area contributed by atoms with E-state index in [9.17, 15) is 23.5 Å². The second kappa shape index (κ2) is 8.66. The first kappa shape index (κ1) is 21.9. The third-order valence-electron chi connectivity index (χ3n) is 5.96. The van der Waals surface area contributed by atoms with E-state index in [4.69, 9.17) is 0 Å². The molecule has 0 saturated carbocycles. The van der Waals surface area contributed by atoms with Crippen LogP contribution in [-0.4, -0.2) is 39.6 Å². The summed E-state index contributed by atoms with van der Waals surface area (Å²) in [5.74, 6) is -0.349. The molecule has 1 aromatic heterocycles. The molecule has 3 aromatic rings. The van der Waals surface area contributed by atoms with E-state index in [0.29, 0.717) is 31.4 Å². The van der Waals surface area contributed by atoms with Crippen LogP contribution in [-0.2, 0) is 16.8 Å². The number of aryl methyl sites for hydroxylation is 1. The number of benzene rings is 2. The van der Waals surface area contributed by atoms with Crippen molar-refractivity contribution in [1.82, 2.24) is 14.9 Å². The lowest BCUT2D eigenvalue weighted by Gasteiger charge is -2.20. The molecule has 3 N–H and O–H groups in total. The number of aliphatic hydroxyl groups is 1. The average molecular weight is 442 g/mol. The minimum absolute atomic E-state index is 0.0380. The van der Waals surface area contributed by atoms with Gasteiger partial charge >= 0.3 is 0 Å². The minimum Gasteiger partial charge on any atom is -0.396 e. The molecule has 1 atom stereocenters. The molecule has 1 fully saturated rings. The molecule has 2 heterocycles. The van der Waals surface area contributed by atoms with Crippen LogP contribution >= 0.6 is 0 Å². The molecule has 9 heteroatoms. The van der Waals surface area contributed by atoms with E-state index in [1.54, 1.807) is 4.57 Å². The molecule has 7 nitrogen and oxygen atoms in total. The number of nitrogens with one attached hydrogen (secondary N) is 2. The average Bonchev–Trinajstić information content (AvgIpc) is 3.31. The number of rotatable bonds is 7. The summed E-state index contributed by atoms with van der Waals surface area (Å²) in [6.45, 7) is 2.85. The highest BCUT2D eigenvalue weighted by molar-refractivity contribution is 6.04. The standard InChI is InChI=1S/C23H24F2N4O3/c1-23(8-9-26-21(23)32)16-6-7-18-17(13-16)27-22(29(18)10-3-11-30)28-20(31)15-5-2-4-14(12-15)19(24)25/h2,4-7,12-13,19,30H,3,8-11H2,1H3,(H,26,32)(H,27,28,31). The first-order valence-corrected chi connectivity index (χ1v) is 10.4. The fraction of sp³-hybridized carbons (Fsp3) is 0.348. The lowest BCUT2D eigenvalue weighted by atomic mass is 9.81. The normalized spacial score (nSPS) is 18.3. The molecular formula is C23H24F2N4O3. The van der Waals surface area contributed by atoms with Crippen molar-refractivity contribution in [2.24, 2.45) is 0 Å². The van der Waals surface area contributed by atoms with Crippen molar-refractivity contribution in [2.75, 3.05) is 18.5 Å². The van der Waals surface area contributed by atoms with Gasteiger partial charge in [0.1, 0.15) is 0 Å². The molecule has 1 saturated heterocycles. The molecule has 0 radical (unpaired) electrons. The maximum absolute atomic E-state index is 13.0. The number of hydrogen-bond donors (Lipinski definition) is 3. The number of carbonyl (C=O) groups excluding carboxylic acids is 2. The van der Waals surface area contributed by atoms with Crippen molar-refractivity contribution in [3.05, 3.63) is 59.2 Å². The van der Waals surface area contributed by atoms with E-state index in [0.717, 1.165) is 17.1 Å². The third kappa shape index (κ3) is 3.95. The highest BCUT2D eigenvalue weighted by Crippen LogP contribution is 2.34. The zero-order chi connectivity index (χ0) is 22.9. The van der Waals surface area contributed by atoms with E-state index >= 15 is 0 Å². The maximum atomic E-state index is 13.0. The zero-order valence-electron chi connectivity index (χ0n) is 17.6. The van der Waals surface area contributed by atoms with E-state index in [1.807, 2.05) is 25.1 Å². The molecule has 0 bridgehead atoms. The highest BCUT2D eigenvalue weighted by atomic mass is 19.3. The Hall–Kier alpha value is -3.33. The number of imidazole rings is 1. The fourth-order valence-electron chi connectivity index (χ4n) is 4.02. The molecule has 0 spiro atoms. The zero-order valence-corrected chi connectivity index (χ0v) is 17.6. The quantitative estimate of drug-likeness (QED) is 0.523. The predicted octanol–water partition coefficient (Wildman–Crippen LogP) is 3.39. The van der Waals surface area contributed by atoms with Crippen LogP contribution in [0, 0.1) is 0 Å². The topological polar surface area (TPSA) is 96.2 Å². The van der Waals surface area contributed by atoms with Crippen LogP contribution in [0.25, 0.3) is 11.0 Å². The van der Waals surface area contributed by atoms with Crippen molar-refractivity contribution in [3.8, 4) is 0 Å². The molecule has 1 unspecified atom stereocenters. The molecule has 168 valence electrons. The van der Waals surface area contributed by atoms with E-state index in [-0.39, 0.29) is 29.6 Å². The molecule has 32 heavy (non-hydrogen) atoms. The number of aliphatic hydroxyl groups excluding tert-OH is 1. The number of fused-ring (bicyclic) bond motifs is 1. The van der Waals surface area contributed by atoms with Crippen LogP contribution < -0.4 is 10.6 Å². The summed E-state index contributed by atoms with van der Waals surface area (Å²) < 4.78 is 27.8. The van der Waals surface area contributed by atoms with Crippen molar-refractivity contribution in [2.45, 2.75) is 38.2 Å². The Kier molecular flexibility index (Phi) is 5.92. The van der Waals surface area contributed by atoms with Crippen molar-refractivity contribution in [3.63, 3.8) is 0 Å². The highest BCUT2D eigenvalue weighted by Gasteiger charge is 2.39. The lowest BCUT2D eigenvalue weighted by Crippen LogP contribution is -2.32. The fourth-order valence-corrected chi connectivity index (χ4v) is 4.02. The summed E-state index contributed by atoms with van der Waals surface area (Å²) >= 11 is 0. The second-order valence-electron chi connectivity index (χ2n) is 8.09. The Bertz CT molecular complexity index is 1180. The van der Waals surface area contributed by atoms with Crippen LogP contribution in [0.5, 0.6) is 0 Å². The van der Waals surface area contributed by atoms with Gasteiger partial charge in [-0.05, 0) is 49.6 Å². The predicted molar refractivity (Wildman–Crippen MR) is 116 cm³/mol. The van der Waals surface area contributed by atoms with Gasteiger partial charge in [0.2, 0.25) is 11.9 Å². The largest absolute Gasteiger partial charge is 0.396 e. The molecule has 2 amide bonds. The monoisotopic (exact) mass is 442 g/mol. The number of aromatic nitrogens is 2. The summed E-state index contributed by atoms with van der Waals surface area (Å²) in [5, 5.41) is 14.8. The van der Waals surface area contributed by atoms with E-state index in [1.165, 1.54) is 18.2 Å². The number of alkyl halides is 2. The molecule has 1 aliphatic rings. The van der Waals surface area contributed by atoms with E-state index < -0.39 is 17.7 Å². The molecule has 1 aliphatic heterocycles. The molecular weight excluding hydrogens is 418 g/mol. The molecule has 2 aromatic carbocycles. The van der Waals surface area contributed by atoms with Crippen LogP contribution in [0.1, 0.15) is 47.7 Å². The minimum atomic E-state index is -2.68. The Labute approximate surface area is 183 Å². The summed E-state index contributed by atoms with van der Waals surface area (Å²) in [4.78, 5) is 29.6. The summed E-state index contributed by atoms with van der Waals surface area (Å²) in [6, 6.07) is 10.8. The Morgan fingerprint density at radius 3 is 2.81 bits per heavy atom. The van der Waals surface area contributed by atoms with Gasteiger partial charge in [-0.3, -0.25) is 14.9 Å². The first-order chi connectivity index (χ1) is 15.3. The Balaban J connectivity index is 1.70.